The zero-order valence-electron chi connectivity index (χ0n) is 9.73. The Bertz CT molecular complexity index is 500. The molecule has 2 aromatic rings. The molecule has 0 bridgehead atoms. The Morgan fingerprint density at radius 1 is 1.00 bits per heavy atom. The molecule has 17 heavy (non-hydrogen) atoms. The molecule has 2 heteroatoms. The third-order valence-corrected chi connectivity index (χ3v) is 3.13. The van der Waals surface area contributed by atoms with Gasteiger partial charge in [-0.1, -0.05) is 58.4 Å². The fraction of sp³-hybridized carbons (Fsp3) is 0.133. The molecule has 0 atom stereocenters. The maximum absolute atomic E-state index is 4.60. The molecule has 1 nitrogen and oxygen atoms in total. The minimum Gasteiger partial charge on any atom is -0.285 e. The summed E-state index contributed by atoms with van der Waals surface area (Å²) in [7, 11) is 0. The molecule has 0 amide bonds. The maximum Gasteiger partial charge on any atom is 0.0643 e. The van der Waals surface area contributed by atoms with Gasteiger partial charge in [0.2, 0.25) is 0 Å². The first-order valence-electron chi connectivity index (χ1n) is 5.56. The highest BCUT2D eigenvalue weighted by Gasteiger charge is 1.96. The zero-order valence-corrected chi connectivity index (χ0v) is 11.3. The van der Waals surface area contributed by atoms with Crippen molar-refractivity contribution < 1.29 is 0 Å². The number of rotatable bonds is 3. The fourth-order valence-corrected chi connectivity index (χ4v) is 1.83. The van der Waals surface area contributed by atoms with E-state index in [0.717, 1.165) is 16.7 Å². The lowest BCUT2D eigenvalue weighted by atomic mass is 10.1. The minimum atomic E-state index is 0.730. The summed E-state index contributed by atoms with van der Waals surface area (Å²) in [6, 6.07) is 18.5. The van der Waals surface area contributed by atoms with E-state index < -0.39 is 0 Å². The summed E-state index contributed by atoms with van der Waals surface area (Å²) in [5.41, 5.74) is 3.49. The highest BCUT2D eigenvalue weighted by Crippen LogP contribution is 2.11. The van der Waals surface area contributed by atoms with Crippen molar-refractivity contribution in [3.05, 3.63) is 70.2 Å². The summed E-state index contributed by atoms with van der Waals surface area (Å²) in [5, 5.41) is 0. The summed E-state index contributed by atoms with van der Waals surface area (Å²) in [6.07, 6.45) is 0. The van der Waals surface area contributed by atoms with Crippen molar-refractivity contribution >= 4 is 21.6 Å². The third kappa shape index (κ3) is 3.53. The van der Waals surface area contributed by atoms with Crippen molar-refractivity contribution in [1.82, 2.24) is 0 Å². The lowest BCUT2D eigenvalue weighted by Gasteiger charge is -2.01. The van der Waals surface area contributed by atoms with Crippen molar-refractivity contribution in [3.63, 3.8) is 0 Å². The number of hydrogen-bond donors (Lipinski definition) is 0. The van der Waals surface area contributed by atoms with E-state index in [1.165, 1.54) is 11.1 Å². The van der Waals surface area contributed by atoms with Crippen molar-refractivity contribution in [2.45, 2.75) is 13.5 Å². The van der Waals surface area contributed by atoms with Crippen LogP contribution in [0.1, 0.15) is 18.1 Å². The van der Waals surface area contributed by atoms with Crippen LogP contribution >= 0.6 is 15.9 Å². The predicted molar refractivity (Wildman–Crippen MR) is 76.5 cm³/mol. The average Bonchev–Trinajstić information content (AvgIpc) is 2.39. The lowest BCUT2D eigenvalue weighted by molar-refractivity contribution is 1.06. The molecule has 0 saturated carbocycles. The molecule has 0 unspecified atom stereocenters. The van der Waals surface area contributed by atoms with E-state index in [9.17, 15) is 0 Å². The number of benzene rings is 2. The molecule has 0 radical (unpaired) electrons. The van der Waals surface area contributed by atoms with E-state index in [0.29, 0.717) is 0 Å². The largest absolute Gasteiger partial charge is 0.285 e. The van der Waals surface area contributed by atoms with Crippen molar-refractivity contribution in [2.24, 2.45) is 4.99 Å². The molecule has 0 spiro atoms. The average molecular weight is 288 g/mol. The van der Waals surface area contributed by atoms with E-state index in [2.05, 4.69) is 45.2 Å². The molecule has 2 aromatic carbocycles. The second-order valence-electron chi connectivity index (χ2n) is 3.89. The Kier molecular flexibility index (Phi) is 4.10. The number of hydrogen-bond acceptors (Lipinski definition) is 1. The van der Waals surface area contributed by atoms with Crippen molar-refractivity contribution in [2.75, 3.05) is 0 Å². The molecule has 0 aliphatic rings. The van der Waals surface area contributed by atoms with Gasteiger partial charge in [0.15, 0.2) is 0 Å². The van der Waals surface area contributed by atoms with Crippen LogP contribution in [0.3, 0.4) is 0 Å². The van der Waals surface area contributed by atoms with E-state index in [4.69, 9.17) is 0 Å². The molecule has 0 aromatic heterocycles. The molecule has 0 aliphatic heterocycles. The smallest absolute Gasteiger partial charge is 0.0643 e. The summed E-state index contributed by atoms with van der Waals surface area (Å²) >= 11 is 3.43. The number of nitrogens with zero attached hydrogens (tertiary/aromatic N) is 1. The summed E-state index contributed by atoms with van der Waals surface area (Å²) < 4.78 is 1.10. The lowest BCUT2D eigenvalue weighted by Crippen LogP contribution is -1.95. The molecule has 0 aliphatic carbocycles. The summed E-state index contributed by atoms with van der Waals surface area (Å²) in [6.45, 7) is 2.78. The van der Waals surface area contributed by atoms with Gasteiger partial charge >= 0.3 is 0 Å². The molecule has 2 rings (SSSR count). The van der Waals surface area contributed by atoms with Gasteiger partial charge in [-0.05, 0) is 30.2 Å². The highest BCUT2D eigenvalue weighted by atomic mass is 79.9. The highest BCUT2D eigenvalue weighted by molar-refractivity contribution is 9.10. The molecule has 86 valence electrons. The first-order valence-corrected chi connectivity index (χ1v) is 6.36. The van der Waals surface area contributed by atoms with Gasteiger partial charge in [0, 0.05) is 10.2 Å². The second kappa shape index (κ2) is 5.78. The Morgan fingerprint density at radius 2 is 1.65 bits per heavy atom. The van der Waals surface area contributed by atoms with Gasteiger partial charge in [-0.15, -0.1) is 0 Å². The van der Waals surface area contributed by atoms with Crippen molar-refractivity contribution in [1.29, 1.82) is 0 Å². The van der Waals surface area contributed by atoms with Gasteiger partial charge in [0.1, 0.15) is 0 Å². The van der Waals surface area contributed by atoms with E-state index >= 15 is 0 Å². The predicted octanol–water partition coefficient (Wildman–Crippen LogP) is 4.46. The third-order valence-electron chi connectivity index (χ3n) is 2.60. The van der Waals surface area contributed by atoms with Crippen molar-refractivity contribution in [3.8, 4) is 0 Å². The standard InChI is InChI=1S/C15H14BrN/c1-12(14-5-3-2-4-6-14)17-11-13-7-9-15(16)10-8-13/h2-10H,11H2,1H3. The van der Waals surface area contributed by atoms with E-state index in [1.54, 1.807) is 0 Å². The molecular formula is C15H14BrN. The van der Waals surface area contributed by atoms with Crippen LogP contribution in [0.15, 0.2) is 64.1 Å². The first-order chi connectivity index (χ1) is 8.25. The van der Waals surface area contributed by atoms with Gasteiger partial charge < -0.3 is 0 Å². The fourth-order valence-electron chi connectivity index (χ4n) is 1.57. The van der Waals surface area contributed by atoms with Crippen LogP contribution in [0.5, 0.6) is 0 Å². The van der Waals surface area contributed by atoms with Gasteiger partial charge in [0.05, 0.1) is 6.54 Å². The van der Waals surface area contributed by atoms with E-state index in [-0.39, 0.29) is 0 Å². The van der Waals surface area contributed by atoms with Crippen LogP contribution in [0.4, 0.5) is 0 Å². The van der Waals surface area contributed by atoms with Gasteiger partial charge in [-0.2, -0.15) is 0 Å². The molecule has 0 saturated heterocycles. The molecule has 0 heterocycles. The summed E-state index contributed by atoms with van der Waals surface area (Å²) in [4.78, 5) is 4.60. The SMILES string of the molecule is CC(=NCc1ccc(Br)cc1)c1ccccc1. The van der Waals surface area contributed by atoms with Crippen LogP contribution < -0.4 is 0 Å². The van der Waals surface area contributed by atoms with Gasteiger partial charge in [0.25, 0.3) is 0 Å². The normalized spacial score (nSPS) is 11.5. The summed E-state index contributed by atoms with van der Waals surface area (Å²) in [5.74, 6) is 0. The maximum atomic E-state index is 4.60. The quantitative estimate of drug-likeness (QED) is 0.739. The topological polar surface area (TPSA) is 12.4 Å². The second-order valence-corrected chi connectivity index (χ2v) is 4.81. The Labute approximate surface area is 110 Å². The first kappa shape index (κ1) is 12.1. The van der Waals surface area contributed by atoms with Crippen LogP contribution in [-0.2, 0) is 6.54 Å². The molecule has 0 fully saturated rings. The van der Waals surface area contributed by atoms with Crippen LogP contribution in [0, 0.1) is 0 Å². The Hall–Kier alpha value is -1.41. The minimum absolute atomic E-state index is 0.730. The Balaban J connectivity index is 2.08. The van der Waals surface area contributed by atoms with Gasteiger partial charge in [-0.25, -0.2) is 0 Å². The number of aliphatic imine (C=N–C) groups is 1. The van der Waals surface area contributed by atoms with Crippen LogP contribution in [0.2, 0.25) is 0 Å². The zero-order chi connectivity index (χ0) is 12.1. The number of halogens is 1. The Morgan fingerprint density at radius 3 is 2.29 bits per heavy atom. The molecular weight excluding hydrogens is 274 g/mol. The van der Waals surface area contributed by atoms with Crippen LogP contribution in [0.25, 0.3) is 0 Å². The van der Waals surface area contributed by atoms with Gasteiger partial charge in [-0.3, -0.25) is 4.99 Å². The monoisotopic (exact) mass is 287 g/mol. The van der Waals surface area contributed by atoms with Crippen LogP contribution in [-0.4, -0.2) is 5.71 Å². The van der Waals surface area contributed by atoms with E-state index in [1.807, 2.05) is 37.3 Å². The molecule has 0 N–H and O–H groups in total.